The van der Waals surface area contributed by atoms with Crippen LogP contribution in [0.4, 0.5) is 0 Å². The molecular formula is C23H28BN3O4. The number of likely N-dealkylation sites (tertiary alicyclic amines) is 1. The van der Waals surface area contributed by atoms with E-state index in [4.69, 9.17) is 4.74 Å². The monoisotopic (exact) mass is 421 g/mol. The number of carbonyl (C=O) groups is 1. The topological polar surface area (TPSA) is 87.8 Å². The molecule has 2 aromatic heterocycles. The van der Waals surface area contributed by atoms with E-state index in [9.17, 15) is 14.8 Å². The van der Waals surface area contributed by atoms with Gasteiger partial charge < -0.3 is 19.4 Å². The molecule has 0 spiro atoms. The lowest BCUT2D eigenvalue weighted by atomic mass is 9.79. The fourth-order valence-electron chi connectivity index (χ4n) is 4.70. The standard InChI is InChI=1S/C23H28BN3O4/c1-15(21-14-19-20(24(29)30)8-11-25-22(19)26(21)2)27-12-9-17(10-13-27)16-4-6-18(7-5-16)23(28)31-3/h4-8,11,14-15,17,29-30H,9-10,12-13H2,1-3H3/t15-/m0/s1. The van der Waals surface area contributed by atoms with E-state index in [-0.39, 0.29) is 12.0 Å². The van der Waals surface area contributed by atoms with E-state index < -0.39 is 7.12 Å². The summed E-state index contributed by atoms with van der Waals surface area (Å²) in [6, 6.07) is 11.6. The van der Waals surface area contributed by atoms with Crippen LogP contribution in [0.2, 0.25) is 0 Å². The highest BCUT2D eigenvalue weighted by Gasteiger charge is 2.27. The predicted molar refractivity (Wildman–Crippen MR) is 120 cm³/mol. The molecule has 1 aromatic carbocycles. The summed E-state index contributed by atoms with van der Waals surface area (Å²) in [5.74, 6) is 0.164. The molecular weight excluding hydrogens is 393 g/mol. The summed E-state index contributed by atoms with van der Waals surface area (Å²) in [6.45, 7) is 4.12. The lowest BCUT2D eigenvalue weighted by molar-refractivity contribution is 0.0600. The van der Waals surface area contributed by atoms with Crippen LogP contribution in [-0.2, 0) is 11.8 Å². The van der Waals surface area contributed by atoms with E-state index in [2.05, 4.69) is 16.8 Å². The number of hydrogen-bond acceptors (Lipinski definition) is 6. The molecule has 0 bridgehead atoms. The zero-order valence-corrected chi connectivity index (χ0v) is 18.2. The third-order valence-electron chi connectivity index (χ3n) is 6.59. The minimum absolute atomic E-state index is 0.186. The first kappa shape index (κ1) is 21.6. The Morgan fingerprint density at radius 3 is 2.48 bits per heavy atom. The Hall–Kier alpha value is -2.68. The highest BCUT2D eigenvalue weighted by atomic mass is 16.5. The maximum atomic E-state index is 11.6. The number of nitrogens with zero attached hydrogens (tertiary/aromatic N) is 3. The van der Waals surface area contributed by atoms with Crippen molar-refractivity contribution in [2.45, 2.75) is 31.7 Å². The van der Waals surface area contributed by atoms with Crippen molar-refractivity contribution in [3.8, 4) is 0 Å². The number of piperidine rings is 1. The molecule has 7 nitrogen and oxygen atoms in total. The number of hydrogen-bond donors (Lipinski definition) is 2. The van der Waals surface area contributed by atoms with Gasteiger partial charge in [0, 0.05) is 30.4 Å². The maximum absolute atomic E-state index is 11.6. The van der Waals surface area contributed by atoms with Crippen molar-refractivity contribution in [2.75, 3.05) is 20.2 Å². The van der Waals surface area contributed by atoms with Gasteiger partial charge in [0.2, 0.25) is 0 Å². The number of ether oxygens (including phenoxy) is 1. The molecule has 31 heavy (non-hydrogen) atoms. The first-order valence-electron chi connectivity index (χ1n) is 10.6. The van der Waals surface area contributed by atoms with Gasteiger partial charge >= 0.3 is 13.1 Å². The fraction of sp³-hybridized carbons (Fsp3) is 0.391. The van der Waals surface area contributed by atoms with Crippen LogP contribution in [0.1, 0.15) is 53.3 Å². The van der Waals surface area contributed by atoms with Gasteiger partial charge in [0.25, 0.3) is 0 Å². The van der Waals surface area contributed by atoms with Crippen LogP contribution in [0.25, 0.3) is 11.0 Å². The average molecular weight is 421 g/mol. The Kier molecular flexibility index (Phi) is 6.13. The number of fused-ring (bicyclic) bond motifs is 1. The SMILES string of the molecule is COC(=O)c1ccc(C2CCN([C@@H](C)c3cc4c(B(O)O)ccnc4n3C)CC2)cc1. The van der Waals surface area contributed by atoms with E-state index in [1.165, 1.54) is 12.7 Å². The number of aryl methyl sites for hydroxylation is 1. The van der Waals surface area contributed by atoms with Crippen molar-refractivity contribution in [2.24, 2.45) is 7.05 Å². The zero-order valence-electron chi connectivity index (χ0n) is 18.2. The Morgan fingerprint density at radius 2 is 1.87 bits per heavy atom. The minimum atomic E-state index is -1.52. The Balaban J connectivity index is 1.47. The molecule has 3 aromatic rings. The van der Waals surface area contributed by atoms with Gasteiger partial charge in [0.1, 0.15) is 5.65 Å². The summed E-state index contributed by atoms with van der Waals surface area (Å²) in [5, 5.41) is 20.2. The molecule has 2 N–H and O–H groups in total. The number of rotatable bonds is 5. The van der Waals surface area contributed by atoms with Crippen LogP contribution in [0.5, 0.6) is 0 Å². The van der Waals surface area contributed by atoms with Crippen LogP contribution in [0.15, 0.2) is 42.6 Å². The zero-order chi connectivity index (χ0) is 22.1. The van der Waals surface area contributed by atoms with Gasteiger partial charge in [-0.3, -0.25) is 4.90 Å². The second-order valence-electron chi connectivity index (χ2n) is 8.24. The molecule has 4 rings (SSSR count). The summed E-state index contributed by atoms with van der Waals surface area (Å²) in [7, 11) is 1.85. The third-order valence-corrected chi connectivity index (χ3v) is 6.59. The Labute approximate surface area is 182 Å². The molecule has 0 aliphatic carbocycles. The fourth-order valence-corrected chi connectivity index (χ4v) is 4.70. The first-order chi connectivity index (χ1) is 14.9. The summed E-state index contributed by atoms with van der Waals surface area (Å²) in [5.41, 5.74) is 4.18. The molecule has 1 aliphatic rings. The highest BCUT2D eigenvalue weighted by Crippen LogP contribution is 2.33. The maximum Gasteiger partial charge on any atom is 0.489 e. The van der Waals surface area contributed by atoms with Gasteiger partial charge in [-0.05, 0) is 74.1 Å². The van der Waals surface area contributed by atoms with E-state index in [0.29, 0.717) is 16.9 Å². The molecule has 1 aliphatic heterocycles. The summed E-state index contributed by atoms with van der Waals surface area (Å²) in [6.07, 6.45) is 3.71. The van der Waals surface area contributed by atoms with Crippen molar-refractivity contribution in [1.82, 2.24) is 14.5 Å². The van der Waals surface area contributed by atoms with Crippen LogP contribution < -0.4 is 5.46 Å². The van der Waals surface area contributed by atoms with Crippen LogP contribution in [0.3, 0.4) is 0 Å². The van der Waals surface area contributed by atoms with E-state index >= 15 is 0 Å². The average Bonchev–Trinajstić information content (AvgIpc) is 3.14. The molecule has 1 fully saturated rings. The van der Waals surface area contributed by atoms with Crippen molar-refractivity contribution < 1.29 is 19.6 Å². The molecule has 0 unspecified atom stereocenters. The van der Waals surface area contributed by atoms with E-state index in [1.807, 2.05) is 41.9 Å². The lowest BCUT2D eigenvalue weighted by Gasteiger charge is -2.36. The number of carbonyl (C=O) groups excluding carboxylic acids is 1. The summed E-state index contributed by atoms with van der Waals surface area (Å²) < 4.78 is 6.82. The summed E-state index contributed by atoms with van der Waals surface area (Å²) >= 11 is 0. The molecule has 1 atom stereocenters. The molecule has 0 amide bonds. The summed E-state index contributed by atoms with van der Waals surface area (Å²) in [4.78, 5) is 18.5. The van der Waals surface area contributed by atoms with Gasteiger partial charge in [-0.15, -0.1) is 0 Å². The second kappa shape index (κ2) is 8.82. The molecule has 0 saturated carbocycles. The quantitative estimate of drug-likeness (QED) is 0.484. The van der Waals surface area contributed by atoms with Crippen molar-refractivity contribution in [1.29, 1.82) is 0 Å². The van der Waals surface area contributed by atoms with Gasteiger partial charge in [-0.2, -0.15) is 0 Å². The number of esters is 1. The predicted octanol–water partition coefficient (Wildman–Crippen LogP) is 1.98. The van der Waals surface area contributed by atoms with E-state index in [1.54, 1.807) is 12.3 Å². The first-order valence-corrected chi connectivity index (χ1v) is 10.6. The second-order valence-corrected chi connectivity index (χ2v) is 8.24. The molecule has 162 valence electrons. The number of methoxy groups -OCH3 is 1. The molecule has 1 saturated heterocycles. The normalized spacial score (nSPS) is 16.4. The van der Waals surface area contributed by atoms with Crippen molar-refractivity contribution >= 4 is 29.6 Å². The van der Waals surface area contributed by atoms with Crippen LogP contribution >= 0.6 is 0 Å². The van der Waals surface area contributed by atoms with Gasteiger partial charge in [0.05, 0.1) is 12.7 Å². The number of benzene rings is 1. The number of pyridine rings is 1. The molecule has 0 radical (unpaired) electrons. The van der Waals surface area contributed by atoms with Crippen molar-refractivity contribution in [3.63, 3.8) is 0 Å². The number of aromatic nitrogens is 2. The molecule has 8 heteroatoms. The molecule has 3 heterocycles. The van der Waals surface area contributed by atoms with Gasteiger partial charge in [-0.1, -0.05) is 12.1 Å². The largest absolute Gasteiger partial charge is 0.489 e. The van der Waals surface area contributed by atoms with Crippen LogP contribution in [0, 0.1) is 0 Å². The van der Waals surface area contributed by atoms with Crippen molar-refractivity contribution in [3.05, 3.63) is 59.4 Å². The van der Waals surface area contributed by atoms with Gasteiger partial charge in [0.15, 0.2) is 0 Å². The third kappa shape index (κ3) is 4.11. The lowest BCUT2D eigenvalue weighted by Crippen LogP contribution is -2.35. The Morgan fingerprint density at radius 1 is 1.19 bits per heavy atom. The smallest absolute Gasteiger partial charge is 0.465 e. The minimum Gasteiger partial charge on any atom is -0.465 e. The van der Waals surface area contributed by atoms with Crippen LogP contribution in [-0.4, -0.2) is 57.8 Å². The van der Waals surface area contributed by atoms with E-state index in [0.717, 1.165) is 42.7 Å². The highest BCUT2D eigenvalue weighted by molar-refractivity contribution is 6.61. The Bertz CT molecular complexity index is 1070. The van der Waals surface area contributed by atoms with Gasteiger partial charge in [-0.25, -0.2) is 9.78 Å².